The van der Waals surface area contributed by atoms with Crippen molar-refractivity contribution in [2.45, 2.75) is 20.4 Å². The summed E-state index contributed by atoms with van der Waals surface area (Å²) < 4.78 is 14.1. The second-order valence-corrected chi connectivity index (χ2v) is 5.84. The highest BCUT2D eigenvalue weighted by atomic mass is 79.9. The van der Waals surface area contributed by atoms with Crippen LogP contribution in [0.1, 0.15) is 16.7 Å². The van der Waals surface area contributed by atoms with Crippen LogP contribution in [0.15, 0.2) is 40.9 Å². The van der Waals surface area contributed by atoms with E-state index >= 15 is 0 Å². The number of aryl methyl sites for hydroxylation is 2. The molecule has 0 bridgehead atoms. The van der Waals surface area contributed by atoms with Crippen LogP contribution in [-0.2, 0) is 6.54 Å². The van der Waals surface area contributed by atoms with Crippen molar-refractivity contribution in [3.63, 3.8) is 0 Å². The molecule has 0 radical (unpaired) electrons. The molecule has 0 spiro atoms. The maximum Gasteiger partial charge on any atom is 0.124 e. The summed E-state index contributed by atoms with van der Waals surface area (Å²) in [6, 6.07) is 11.4. The van der Waals surface area contributed by atoms with E-state index in [-0.39, 0.29) is 5.82 Å². The van der Waals surface area contributed by atoms with Crippen LogP contribution in [0.3, 0.4) is 0 Å². The number of benzene rings is 2. The second-order valence-electron chi connectivity index (χ2n) is 4.92. The second kappa shape index (κ2) is 5.74. The predicted molar refractivity (Wildman–Crippen MR) is 82.1 cm³/mol. The summed E-state index contributed by atoms with van der Waals surface area (Å²) >= 11 is 3.32. The Morgan fingerprint density at radius 2 is 1.84 bits per heavy atom. The van der Waals surface area contributed by atoms with E-state index in [1.54, 1.807) is 6.07 Å². The molecule has 0 N–H and O–H groups in total. The number of hydrogen-bond acceptors (Lipinski definition) is 1. The fourth-order valence-electron chi connectivity index (χ4n) is 2.29. The molecule has 0 aliphatic rings. The van der Waals surface area contributed by atoms with Crippen molar-refractivity contribution in [2.75, 3.05) is 11.9 Å². The van der Waals surface area contributed by atoms with Crippen LogP contribution in [0.25, 0.3) is 0 Å². The van der Waals surface area contributed by atoms with Crippen LogP contribution in [0.4, 0.5) is 10.1 Å². The quantitative estimate of drug-likeness (QED) is 0.781. The third-order valence-electron chi connectivity index (χ3n) is 3.11. The summed E-state index contributed by atoms with van der Waals surface area (Å²) in [5.41, 5.74) is 4.61. The molecule has 19 heavy (non-hydrogen) atoms. The summed E-state index contributed by atoms with van der Waals surface area (Å²) in [6.07, 6.45) is 0. The fourth-order valence-corrected chi connectivity index (χ4v) is 2.81. The van der Waals surface area contributed by atoms with Gasteiger partial charge in [0, 0.05) is 23.8 Å². The highest BCUT2D eigenvalue weighted by Gasteiger charge is 2.07. The zero-order valence-corrected chi connectivity index (χ0v) is 13.0. The van der Waals surface area contributed by atoms with Gasteiger partial charge in [0.1, 0.15) is 5.82 Å². The summed E-state index contributed by atoms with van der Waals surface area (Å²) in [5.74, 6) is -0.210. The van der Waals surface area contributed by atoms with Gasteiger partial charge in [-0.25, -0.2) is 4.39 Å². The van der Waals surface area contributed by atoms with E-state index in [9.17, 15) is 4.39 Å². The highest BCUT2D eigenvalue weighted by Crippen LogP contribution is 2.23. The average Bonchev–Trinajstić information content (AvgIpc) is 2.26. The third-order valence-corrected chi connectivity index (χ3v) is 3.56. The lowest BCUT2D eigenvalue weighted by Crippen LogP contribution is -2.17. The molecule has 0 unspecified atom stereocenters. The van der Waals surface area contributed by atoms with Crippen LogP contribution in [-0.4, -0.2) is 7.05 Å². The average molecular weight is 322 g/mol. The monoisotopic (exact) mass is 321 g/mol. The van der Waals surface area contributed by atoms with Crippen molar-refractivity contribution >= 4 is 21.6 Å². The Kier molecular flexibility index (Phi) is 4.25. The summed E-state index contributed by atoms with van der Waals surface area (Å²) in [7, 11) is 2.02. The van der Waals surface area contributed by atoms with E-state index < -0.39 is 0 Å². The van der Waals surface area contributed by atoms with Gasteiger partial charge in [0.25, 0.3) is 0 Å². The van der Waals surface area contributed by atoms with Crippen molar-refractivity contribution < 1.29 is 4.39 Å². The zero-order valence-electron chi connectivity index (χ0n) is 11.4. The van der Waals surface area contributed by atoms with Crippen LogP contribution < -0.4 is 4.90 Å². The zero-order chi connectivity index (χ0) is 14.0. The molecule has 0 aromatic heterocycles. The molecule has 2 aromatic rings. The molecule has 100 valence electrons. The van der Waals surface area contributed by atoms with Gasteiger partial charge in [-0.3, -0.25) is 0 Å². The number of anilines is 1. The van der Waals surface area contributed by atoms with E-state index in [2.05, 4.69) is 52.9 Å². The normalized spacial score (nSPS) is 10.6. The minimum absolute atomic E-state index is 0.210. The van der Waals surface area contributed by atoms with E-state index in [0.29, 0.717) is 6.54 Å². The van der Waals surface area contributed by atoms with Crippen molar-refractivity contribution in [1.82, 2.24) is 0 Å². The van der Waals surface area contributed by atoms with Gasteiger partial charge in [-0.05, 0) is 49.2 Å². The lowest BCUT2D eigenvalue weighted by atomic mass is 10.1. The minimum Gasteiger partial charge on any atom is -0.370 e. The molecule has 0 amide bonds. The Labute approximate surface area is 122 Å². The maximum absolute atomic E-state index is 13.4. The molecule has 2 aromatic carbocycles. The SMILES string of the molecule is Cc1ccc(N(C)Cc2cc(F)cc(Br)c2)c(C)c1. The van der Waals surface area contributed by atoms with Crippen molar-refractivity contribution in [3.8, 4) is 0 Å². The molecular formula is C16H17BrFN. The van der Waals surface area contributed by atoms with Gasteiger partial charge in [-0.2, -0.15) is 0 Å². The summed E-state index contributed by atoms with van der Waals surface area (Å²) in [6.45, 7) is 4.86. The smallest absolute Gasteiger partial charge is 0.124 e. The molecule has 0 aliphatic carbocycles. The Hall–Kier alpha value is -1.35. The van der Waals surface area contributed by atoms with Crippen molar-refractivity contribution in [1.29, 1.82) is 0 Å². The van der Waals surface area contributed by atoms with Gasteiger partial charge in [-0.1, -0.05) is 33.6 Å². The summed E-state index contributed by atoms with van der Waals surface area (Å²) in [4.78, 5) is 2.13. The molecule has 0 aliphatic heterocycles. The Bertz CT molecular complexity index is 575. The van der Waals surface area contributed by atoms with Gasteiger partial charge in [0.15, 0.2) is 0 Å². The highest BCUT2D eigenvalue weighted by molar-refractivity contribution is 9.10. The van der Waals surface area contributed by atoms with Crippen molar-refractivity contribution in [3.05, 3.63) is 63.4 Å². The van der Waals surface area contributed by atoms with Crippen LogP contribution in [0.5, 0.6) is 0 Å². The Morgan fingerprint density at radius 3 is 2.47 bits per heavy atom. The van der Waals surface area contributed by atoms with Crippen LogP contribution >= 0.6 is 15.9 Å². The third kappa shape index (κ3) is 3.57. The molecule has 2 rings (SSSR count). The topological polar surface area (TPSA) is 3.24 Å². The Balaban J connectivity index is 2.22. The van der Waals surface area contributed by atoms with Gasteiger partial charge in [0.2, 0.25) is 0 Å². The number of rotatable bonds is 3. The molecule has 3 heteroatoms. The van der Waals surface area contributed by atoms with Gasteiger partial charge >= 0.3 is 0 Å². The van der Waals surface area contributed by atoms with E-state index in [4.69, 9.17) is 0 Å². The van der Waals surface area contributed by atoms with Crippen LogP contribution in [0.2, 0.25) is 0 Å². The molecule has 0 fully saturated rings. The first-order valence-electron chi connectivity index (χ1n) is 6.19. The predicted octanol–water partition coefficient (Wildman–Crippen LogP) is 4.84. The lowest BCUT2D eigenvalue weighted by molar-refractivity contribution is 0.624. The molecule has 0 saturated heterocycles. The first-order valence-corrected chi connectivity index (χ1v) is 6.98. The van der Waals surface area contributed by atoms with Gasteiger partial charge in [0.05, 0.1) is 0 Å². The maximum atomic E-state index is 13.4. The Morgan fingerprint density at radius 1 is 1.11 bits per heavy atom. The van der Waals surface area contributed by atoms with Crippen molar-refractivity contribution in [2.24, 2.45) is 0 Å². The molecule has 0 atom stereocenters. The molecule has 0 saturated carbocycles. The first kappa shape index (κ1) is 14.1. The molecular weight excluding hydrogens is 305 g/mol. The first-order chi connectivity index (χ1) is 8.95. The number of nitrogens with zero attached hydrogens (tertiary/aromatic N) is 1. The summed E-state index contributed by atoms with van der Waals surface area (Å²) in [5, 5.41) is 0. The molecule has 1 nitrogen and oxygen atoms in total. The largest absolute Gasteiger partial charge is 0.370 e. The van der Waals surface area contributed by atoms with Gasteiger partial charge < -0.3 is 4.90 Å². The van der Waals surface area contributed by atoms with E-state index in [1.807, 2.05) is 13.1 Å². The molecule has 0 heterocycles. The minimum atomic E-state index is -0.210. The van der Waals surface area contributed by atoms with Gasteiger partial charge in [-0.15, -0.1) is 0 Å². The van der Waals surface area contributed by atoms with Crippen LogP contribution in [0, 0.1) is 19.7 Å². The number of halogens is 2. The fraction of sp³-hybridized carbons (Fsp3) is 0.250. The van der Waals surface area contributed by atoms with E-state index in [0.717, 1.165) is 10.0 Å². The van der Waals surface area contributed by atoms with E-state index in [1.165, 1.54) is 22.9 Å². The lowest BCUT2D eigenvalue weighted by Gasteiger charge is -2.22. The standard InChI is InChI=1S/C16H17BrFN/c1-11-4-5-16(12(2)6-11)19(3)10-13-7-14(17)9-15(18)8-13/h4-9H,10H2,1-3H3. The number of hydrogen-bond donors (Lipinski definition) is 0.